The molecular formula is C12H10N2O3. The second-order valence-electron chi connectivity index (χ2n) is 3.78. The van der Waals surface area contributed by atoms with Crippen molar-refractivity contribution in [1.82, 2.24) is 4.98 Å². The van der Waals surface area contributed by atoms with Crippen LogP contribution in [0.3, 0.4) is 0 Å². The van der Waals surface area contributed by atoms with Gasteiger partial charge in [0.1, 0.15) is 11.3 Å². The van der Waals surface area contributed by atoms with Crippen molar-refractivity contribution in [3.63, 3.8) is 0 Å². The molecule has 0 bridgehead atoms. The van der Waals surface area contributed by atoms with Crippen LogP contribution < -0.4 is 0 Å². The van der Waals surface area contributed by atoms with E-state index in [-0.39, 0.29) is 17.9 Å². The Morgan fingerprint density at radius 2 is 2.18 bits per heavy atom. The van der Waals surface area contributed by atoms with Crippen molar-refractivity contribution < 1.29 is 9.72 Å². The number of fused-ring (bicyclic) bond motifs is 1. The number of rotatable bonds is 3. The molecule has 0 saturated carbocycles. The number of hydrogen-bond donors (Lipinski definition) is 0. The highest BCUT2D eigenvalue weighted by molar-refractivity contribution is 5.92. The summed E-state index contributed by atoms with van der Waals surface area (Å²) in [5.41, 5.74) is 1.07. The first-order chi connectivity index (χ1) is 8.09. The first-order valence-electron chi connectivity index (χ1n) is 5.10. The molecule has 0 unspecified atom stereocenters. The molecule has 0 spiro atoms. The maximum atomic E-state index is 11.1. The monoisotopic (exact) mass is 230 g/mol. The minimum Gasteiger partial charge on any atom is -0.300 e. The van der Waals surface area contributed by atoms with Gasteiger partial charge in [-0.05, 0) is 18.6 Å². The van der Waals surface area contributed by atoms with E-state index in [1.807, 2.05) is 0 Å². The van der Waals surface area contributed by atoms with Crippen molar-refractivity contribution in [1.29, 1.82) is 0 Å². The molecule has 2 aromatic rings. The summed E-state index contributed by atoms with van der Waals surface area (Å²) in [6.07, 6.45) is 1.77. The number of non-ortho nitro benzene ring substituents is 1. The predicted molar refractivity (Wildman–Crippen MR) is 62.8 cm³/mol. The topological polar surface area (TPSA) is 73.1 Å². The van der Waals surface area contributed by atoms with Crippen molar-refractivity contribution in [2.24, 2.45) is 0 Å². The zero-order chi connectivity index (χ0) is 12.4. The number of benzene rings is 1. The van der Waals surface area contributed by atoms with Gasteiger partial charge in [0.25, 0.3) is 5.69 Å². The predicted octanol–water partition coefficient (Wildman–Crippen LogP) is 2.27. The molecule has 1 aromatic carbocycles. The van der Waals surface area contributed by atoms with E-state index in [1.54, 1.807) is 18.2 Å². The number of Topliss-reactive ketones (excluding diaryl/α,β-unsaturated/α-hetero) is 1. The fraction of sp³-hybridized carbons (Fsp3) is 0.167. The highest BCUT2D eigenvalue weighted by atomic mass is 16.6. The van der Waals surface area contributed by atoms with Crippen molar-refractivity contribution in [2.75, 3.05) is 0 Å². The summed E-state index contributed by atoms with van der Waals surface area (Å²) in [5.74, 6) is 0.0176. The van der Waals surface area contributed by atoms with Gasteiger partial charge in [-0.15, -0.1) is 0 Å². The summed E-state index contributed by atoms with van der Waals surface area (Å²) >= 11 is 0. The minimum atomic E-state index is -0.465. The molecule has 0 N–H and O–H groups in total. The summed E-state index contributed by atoms with van der Waals surface area (Å²) in [7, 11) is 0. The molecule has 0 fully saturated rings. The minimum absolute atomic E-state index is 0.0176. The highest BCUT2D eigenvalue weighted by Crippen LogP contribution is 2.26. The number of nitro groups is 1. The third kappa shape index (κ3) is 2.13. The molecule has 0 saturated heterocycles. The van der Waals surface area contributed by atoms with Crippen molar-refractivity contribution >= 4 is 22.4 Å². The van der Waals surface area contributed by atoms with Crippen molar-refractivity contribution in [2.45, 2.75) is 13.3 Å². The van der Waals surface area contributed by atoms with Crippen LogP contribution in [0.15, 0.2) is 30.5 Å². The molecule has 0 radical (unpaired) electrons. The summed E-state index contributed by atoms with van der Waals surface area (Å²) in [5, 5.41) is 11.5. The third-order valence-electron chi connectivity index (χ3n) is 2.47. The van der Waals surface area contributed by atoms with E-state index in [0.29, 0.717) is 10.9 Å². The van der Waals surface area contributed by atoms with Crippen molar-refractivity contribution in [3.8, 4) is 0 Å². The number of nitro benzene ring substituents is 1. The first kappa shape index (κ1) is 11.2. The number of carbonyl (C=O) groups is 1. The number of pyridine rings is 1. The summed E-state index contributed by atoms with van der Waals surface area (Å²) in [4.78, 5) is 25.5. The maximum Gasteiger partial charge on any atom is 0.295 e. The normalized spacial score (nSPS) is 10.4. The molecule has 1 heterocycles. The van der Waals surface area contributed by atoms with Crippen LogP contribution in [-0.4, -0.2) is 15.7 Å². The van der Waals surface area contributed by atoms with Gasteiger partial charge in [-0.25, -0.2) is 4.98 Å². The lowest BCUT2D eigenvalue weighted by Crippen LogP contribution is -1.99. The summed E-state index contributed by atoms with van der Waals surface area (Å²) < 4.78 is 0. The Balaban J connectivity index is 2.70. The Labute approximate surface area is 97.2 Å². The van der Waals surface area contributed by atoms with Crippen LogP contribution >= 0.6 is 0 Å². The van der Waals surface area contributed by atoms with Crippen LogP contribution in [0, 0.1) is 10.1 Å². The van der Waals surface area contributed by atoms with Gasteiger partial charge in [0.05, 0.1) is 4.92 Å². The molecule has 0 atom stereocenters. The average molecular weight is 230 g/mol. The number of aromatic nitrogens is 1. The summed E-state index contributed by atoms with van der Waals surface area (Å²) in [6.45, 7) is 1.49. The fourth-order valence-electron chi connectivity index (χ4n) is 1.79. The zero-order valence-electron chi connectivity index (χ0n) is 9.21. The first-order valence-corrected chi connectivity index (χ1v) is 5.10. The summed E-state index contributed by atoms with van der Waals surface area (Å²) in [6, 6.07) is 6.46. The molecule has 86 valence electrons. The molecule has 0 aliphatic carbocycles. The van der Waals surface area contributed by atoms with Crippen LogP contribution in [0.5, 0.6) is 0 Å². The molecule has 5 nitrogen and oxygen atoms in total. The molecular weight excluding hydrogens is 220 g/mol. The maximum absolute atomic E-state index is 11.1. The molecule has 2 rings (SSSR count). The van der Waals surface area contributed by atoms with E-state index in [4.69, 9.17) is 0 Å². The Hall–Kier alpha value is -2.30. The van der Waals surface area contributed by atoms with Gasteiger partial charge in [0.2, 0.25) is 0 Å². The van der Waals surface area contributed by atoms with Gasteiger partial charge < -0.3 is 0 Å². The SMILES string of the molecule is CC(=O)Cc1ccc([N+](=O)[O-])c2ncccc12. The van der Waals surface area contributed by atoms with E-state index in [1.165, 1.54) is 19.2 Å². The molecule has 0 amide bonds. The Morgan fingerprint density at radius 3 is 2.82 bits per heavy atom. The van der Waals surface area contributed by atoms with Gasteiger partial charge >= 0.3 is 0 Å². The van der Waals surface area contributed by atoms with Gasteiger partial charge in [-0.3, -0.25) is 14.9 Å². The number of ketones is 1. The van der Waals surface area contributed by atoms with Gasteiger partial charge in [0.15, 0.2) is 0 Å². The van der Waals surface area contributed by atoms with Crippen LogP contribution in [0.2, 0.25) is 0 Å². The van der Waals surface area contributed by atoms with E-state index < -0.39 is 4.92 Å². The zero-order valence-corrected chi connectivity index (χ0v) is 9.21. The van der Waals surface area contributed by atoms with Crippen LogP contribution in [0.25, 0.3) is 10.9 Å². The van der Waals surface area contributed by atoms with Crippen LogP contribution in [0.1, 0.15) is 12.5 Å². The lowest BCUT2D eigenvalue weighted by atomic mass is 10.0. The second-order valence-corrected chi connectivity index (χ2v) is 3.78. The lowest BCUT2D eigenvalue weighted by Gasteiger charge is -2.04. The largest absolute Gasteiger partial charge is 0.300 e. The third-order valence-corrected chi connectivity index (χ3v) is 2.47. The highest BCUT2D eigenvalue weighted by Gasteiger charge is 2.15. The van der Waals surface area contributed by atoms with Crippen molar-refractivity contribution in [3.05, 3.63) is 46.1 Å². The molecule has 0 aliphatic heterocycles. The Kier molecular flexibility index (Phi) is 2.82. The smallest absolute Gasteiger partial charge is 0.295 e. The molecule has 0 aliphatic rings. The Bertz CT molecular complexity index is 608. The molecule has 1 aromatic heterocycles. The Morgan fingerprint density at radius 1 is 1.41 bits per heavy atom. The fourth-order valence-corrected chi connectivity index (χ4v) is 1.79. The van der Waals surface area contributed by atoms with Gasteiger partial charge in [-0.1, -0.05) is 12.1 Å². The lowest BCUT2D eigenvalue weighted by molar-refractivity contribution is -0.383. The van der Waals surface area contributed by atoms with Crippen LogP contribution in [-0.2, 0) is 11.2 Å². The van der Waals surface area contributed by atoms with E-state index >= 15 is 0 Å². The number of carbonyl (C=O) groups excluding carboxylic acids is 1. The number of hydrogen-bond acceptors (Lipinski definition) is 4. The quantitative estimate of drug-likeness (QED) is 0.598. The molecule has 17 heavy (non-hydrogen) atoms. The van der Waals surface area contributed by atoms with Gasteiger partial charge in [0, 0.05) is 24.1 Å². The average Bonchev–Trinajstić information content (AvgIpc) is 2.28. The van der Waals surface area contributed by atoms with E-state index in [0.717, 1.165) is 5.56 Å². The molecule has 5 heteroatoms. The number of nitrogens with zero attached hydrogens (tertiary/aromatic N) is 2. The standard InChI is InChI=1S/C12H10N2O3/c1-8(15)7-9-4-5-11(14(16)17)12-10(9)3-2-6-13-12/h2-6H,7H2,1H3. The van der Waals surface area contributed by atoms with Crippen LogP contribution in [0.4, 0.5) is 5.69 Å². The van der Waals surface area contributed by atoms with E-state index in [2.05, 4.69) is 4.98 Å². The van der Waals surface area contributed by atoms with E-state index in [9.17, 15) is 14.9 Å². The second kappa shape index (κ2) is 4.29. The van der Waals surface area contributed by atoms with Gasteiger partial charge in [-0.2, -0.15) is 0 Å².